The van der Waals surface area contributed by atoms with E-state index in [0.717, 1.165) is 10.9 Å². The number of aryl methyl sites for hydroxylation is 1. The Kier molecular flexibility index (Phi) is 3.87. The summed E-state index contributed by atoms with van der Waals surface area (Å²) in [5.74, 6) is 0.364. The largest absolute Gasteiger partial charge is 0.497 e. The molecular weight excluding hydrogens is 316 g/mol. The number of anilines is 1. The predicted octanol–water partition coefficient (Wildman–Crippen LogP) is 3.66. The van der Waals surface area contributed by atoms with Gasteiger partial charge in [-0.2, -0.15) is 0 Å². The van der Waals surface area contributed by atoms with Crippen molar-refractivity contribution in [1.82, 2.24) is 4.98 Å². The predicted molar refractivity (Wildman–Crippen MR) is 87.6 cm³/mol. The summed E-state index contributed by atoms with van der Waals surface area (Å²) >= 11 is 1.19. The van der Waals surface area contributed by atoms with Gasteiger partial charge in [0.25, 0.3) is 5.91 Å². The van der Waals surface area contributed by atoms with Gasteiger partial charge in [0.1, 0.15) is 17.0 Å². The lowest BCUT2D eigenvalue weighted by Gasteiger charge is -1.99. The number of rotatable bonds is 4. The molecule has 0 spiro atoms. The fourth-order valence-electron chi connectivity index (χ4n) is 2.19. The van der Waals surface area contributed by atoms with E-state index >= 15 is 0 Å². The minimum atomic E-state index is -0.401. The number of thiazole rings is 1. The molecule has 6 nitrogen and oxygen atoms in total. The van der Waals surface area contributed by atoms with Crippen LogP contribution in [-0.2, 0) is 0 Å². The van der Waals surface area contributed by atoms with E-state index in [-0.39, 0.29) is 11.5 Å². The number of nitrogens with zero attached hydrogens (tertiary/aromatic N) is 1. The summed E-state index contributed by atoms with van der Waals surface area (Å²) in [6.45, 7) is 3.24. The smallest absolute Gasteiger partial charge is 0.293 e. The zero-order valence-corrected chi connectivity index (χ0v) is 13.6. The molecule has 2 heterocycles. The summed E-state index contributed by atoms with van der Waals surface area (Å²) in [5.41, 5.74) is 1.66. The minimum absolute atomic E-state index is 0.145. The number of hydrogen-bond acceptors (Lipinski definition) is 6. The Morgan fingerprint density at radius 1 is 1.35 bits per heavy atom. The van der Waals surface area contributed by atoms with Gasteiger partial charge in [-0.15, -0.1) is 11.3 Å². The molecule has 3 rings (SSSR count). The lowest BCUT2D eigenvalue weighted by atomic mass is 10.1. The van der Waals surface area contributed by atoms with E-state index in [9.17, 15) is 9.59 Å². The molecule has 3 aromatic rings. The van der Waals surface area contributed by atoms with Crippen molar-refractivity contribution < 1.29 is 18.7 Å². The van der Waals surface area contributed by atoms with E-state index in [1.807, 2.05) is 13.0 Å². The van der Waals surface area contributed by atoms with Gasteiger partial charge >= 0.3 is 0 Å². The number of amides is 1. The lowest BCUT2D eigenvalue weighted by molar-refractivity contribution is 0.0991. The Labute approximate surface area is 136 Å². The average Bonchev–Trinajstić information content (AvgIpc) is 3.12. The molecule has 7 heteroatoms. The van der Waals surface area contributed by atoms with Crippen molar-refractivity contribution in [2.45, 2.75) is 13.8 Å². The third kappa shape index (κ3) is 2.83. The van der Waals surface area contributed by atoms with E-state index in [1.165, 1.54) is 18.3 Å². The molecule has 0 saturated heterocycles. The molecule has 0 aliphatic heterocycles. The zero-order chi connectivity index (χ0) is 16.6. The van der Waals surface area contributed by atoms with E-state index in [1.54, 1.807) is 24.6 Å². The Hall–Kier alpha value is -2.67. The Bertz CT molecular complexity index is 910. The van der Waals surface area contributed by atoms with Crippen LogP contribution in [0.2, 0.25) is 0 Å². The number of Topliss-reactive ketones (excluding diaryl/α,β-unsaturated/α-hetero) is 1. The molecule has 0 radical (unpaired) electrons. The maximum absolute atomic E-state index is 12.4. The Balaban J connectivity index is 1.91. The van der Waals surface area contributed by atoms with E-state index < -0.39 is 5.91 Å². The van der Waals surface area contributed by atoms with Gasteiger partial charge in [0.05, 0.1) is 7.11 Å². The van der Waals surface area contributed by atoms with Crippen LogP contribution in [0.4, 0.5) is 5.13 Å². The van der Waals surface area contributed by atoms with Crippen molar-refractivity contribution in [1.29, 1.82) is 0 Å². The first kappa shape index (κ1) is 15.2. The topological polar surface area (TPSA) is 81.4 Å². The summed E-state index contributed by atoms with van der Waals surface area (Å²) in [4.78, 5) is 27.7. The first-order chi connectivity index (χ1) is 11.0. The third-order valence-electron chi connectivity index (χ3n) is 3.43. The molecule has 0 aliphatic carbocycles. The van der Waals surface area contributed by atoms with Crippen LogP contribution >= 0.6 is 11.3 Å². The number of ether oxygens (including phenoxy) is 1. The van der Waals surface area contributed by atoms with Gasteiger partial charge < -0.3 is 9.15 Å². The summed E-state index contributed by atoms with van der Waals surface area (Å²) in [6, 6.07) is 5.35. The van der Waals surface area contributed by atoms with Gasteiger partial charge in [0.15, 0.2) is 16.7 Å². The second-order valence-corrected chi connectivity index (χ2v) is 5.82. The van der Waals surface area contributed by atoms with E-state index in [0.29, 0.717) is 22.2 Å². The molecule has 0 bridgehead atoms. The number of benzene rings is 1. The van der Waals surface area contributed by atoms with E-state index in [2.05, 4.69) is 10.3 Å². The highest BCUT2D eigenvalue weighted by molar-refractivity contribution is 7.14. The number of methoxy groups -OCH3 is 1. The fourth-order valence-corrected chi connectivity index (χ4v) is 2.93. The fraction of sp³-hybridized carbons (Fsp3) is 0.188. The molecule has 23 heavy (non-hydrogen) atoms. The molecule has 1 N–H and O–H groups in total. The summed E-state index contributed by atoms with van der Waals surface area (Å²) < 4.78 is 10.8. The number of fused-ring (bicyclic) bond motifs is 1. The van der Waals surface area contributed by atoms with Crippen LogP contribution in [0.25, 0.3) is 11.0 Å². The van der Waals surface area contributed by atoms with Crippen LogP contribution in [0, 0.1) is 6.92 Å². The molecule has 1 amide bonds. The second kappa shape index (κ2) is 5.85. The van der Waals surface area contributed by atoms with Gasteiger partial charge in [-0.1, -0.05) is 0 Å². The Morgan fingerprint density at radius 2 is 2.13 bits per heavy atom. The van der Waals surface area contributed by atoms with Crippen molar-refractivity contribution in [2.24, 2.45) is 0 Å². The maximum Gasteiger partial charge on any atom is 0.293 e. The normalized spacial score (nSPS) is 10.7. The van der Waals surface area contributed by atoms with Crippen molar-refractivity contribution in [3.63, 3.8) is 0 Å². The number of aromatic nitrogens is 1. The highest BCUT2D eigenvalue weighted by Gasteiger charge is 2.19. The van der Waals surface area contributed by atoms with Crippen molar-refractivity contribution in [3.8, 4) is 5.75 Å². The van der Waals surface area contributed by atoms with Gasteiger partial charge in [-0.3, -0.25) is 14.9 Å². The molecule has 0 fully saturated rings. The number of nitrogens with one attached hydrogen (secondary N) is 1. The lowest BCUT2D eigenvalue weighted by Crippen LogP contribution is -2.12. The third-order valence-corrected chi connectivity index (χ3v) is 4.19. The average molecular weight is 330 g/mol. The van der Waals surface area contributed by atoms with Crippen LogP contribution in [0.15, 0.2) is 28.0 Å². The molecular formula is C16H14N2O4S. The number of carbonyl (C=O) groups is 2. The number of furan rings is 1. The Morgan fingerprint density at radius 3 is 2.78 bits per heavy atom. The van der Waals surface area contributed by atoms with Crippen molar-refractivity contribution >= 4 is 39.1 Å². The van der Waals surface area contributed by atoms with Gasteiger partial charge in [-0.05, 0) is 25.1 Å². The van der Waals surface area contributed by atoms with Crippen LogP contribution in [0.5, 0.6) is 5.75 Å². The molecule has 2 aromatic heterocycles. The highest BCUT2D eigenvalue weighted by Crippen LogP contribution is 2.29. The molecule has 0 saturated carbocycles. The van der Waals surface area contributed by atoms with Crippen LogP contribution in [0.1, 0.15) is 33.5 Å². The van der Waals surface area contributed by atoms with E-state index in [4.69, 9.17) is 9.15 Å². The monoisotopic (exact) mass is 330 g/mol. The van der Waals surface area contributed by atoms with Gasteiger partial charge in [0.2, 0.25) is 0 Å². The molecule has 1 aromatic carbocycles. The first-order valence-electron chi connectivity index (χ1n) is 6.84. The van der Waals surface area contributed by atoms with Crippen LogP contribution < -0.4 is 10.1 Å². The van der Waals surface area contributed by atoms with Crippen molar-refractivity contribution in [3.05, 3.63) is 40.6 Å². The number of hydrogen-bond donors (Lipinski definition) is 1. The summed E-state index contributed by atoms with van der Waals surface area (Å²) in [5, 5.41) is 5.44. The van der Waals surface area contributed by atoms with Gasteiger partial charge in [-0.25, -0.2) is 4.98 Å². The standard InChI is InChI=1S/C16H14N2O4S/c1-8-11-6-10(21-3)4-5-13(11)22-14(8)15(20)18-16-17-12(7-23-16)9(2)19/h4-7H,1-3H3,(H,17,18,20). The SMILES string of the molecule is COc1ccc2oc(C(=O)Nc3nc(C(C)=O)cs3)c(C)c2c1. The zero-order valence-electron chi connectivity index (χ0n) is 12.8. The second-order valence-electron chi connectivity index (χ2n) is 4.97. The molecule has 118 valence electrons. The maximum atomic E-state index is 12.4. The minimum Gasteiger partial charge on any atom is -0.497 e. The van der Waals surface area contributed by atoms with Crippen LogP contribution in [0.3, 0.4) is 0 Å². The molecule has 0 atom stereocenters. The number of carbonyl (C=O) groups excluding carboxylic acids is 2. The first-order valence-corrected chi connectivity index (χ1v) is 7.72. The summed E-state index contributed by atoms with van der Waals surface area (Å²) in [7, 11) is 1.58. The molecule has 0 aliphatic rings. The highest BCUT2D eigenvalue weighted by atomic mass is 32.1. The summed E-state index contributed by atoms with van der Waals surface area (Å²) in [6.07, 6.45) is 0. The van der Waals surface area contributed by atoms with Crippen LogP contribution in [-0.4, -0.2) is 23.8 Å². The van der Waals surface area contributed by atoms with Crippen molar-refractivity contribution in [2.75, 3.05) is 12.4 Å². The number of ketones is 1. The van der Waals surface area contributed by atoms with Gasteiger partial charge in [0, 0.05) is 23.3 Å². The molecule has 0 unspecified atom stereocenters. The quantitative estimate of drug-likeness (QED) is 0.738.